The highest BCUT2D eigenvalue weighted by molar-refractivity contribution is 5.42. The fourth-order valence-corrected chi connectivity index (χ4v) is 2.44. The molecule has 0 atom stereocenters. The zero-order valence-electron chi connectivity index (χ0n) is 13.5. The molecule has 1 rings (SSSR count). The third kappa shape index (κ3) is 5.47. The van der Waals surface area contributed by atoms with E-state index in [1.165, 1.54) is 18.5 Å². The van der Waals surface area contributed by atoms with Gasteiger partial charge in [0.25, 0.3) is 0 Å². The number of hydrogen-bond donors (Lipinski definition) is 1. The van der Waals surface area contributed by atoms with Crippen LogP contribution in [0.15, 0.2) is 18.3 Å². The van der Waals surface area contributed by atoms with Gasteiger partial charge in [-0.15, -0.1) is 0 Å². The smallest absolute Gasteiger partial charge is 0.130 e. The van der Waals surface area contributed by atoms with Crippen LogP contribution in [0.2, 0.25) is 0 Å². The average Bonchev–Trinajstić information content (AvgIpc) is 2.50. The molecule has 0 spiro atoms. The molecular weight excluding hydrogens is 248 g/mol. The molecule has 0 fully saturated rings. The van der Waals surface area contributed by atoms with Crippen LogP contribution < -0.4 is 5.32 Å². The lowest BCUT2D eigenvalue weighted by Crippen LogP contribution is -2.30. The van der Waals surface area contributed by atoms with Crippen molar-refractivity contribution in [1.29, 1.82) is 0 Å². The maximum Gasteiger partial charge on any atom is 0.130 e. The molecule has 0 aliphatic carbocycles. The third-order valence-corrected chi connectivity index (χ3v) is 3.81. The van der Waals surface area contributed by atoms with E-state index in [-0.39, 0.29) is 0 Å². The molecule has 1 aromatic rings. The van der Waals surface area contributed by atoms with E-state index in [1.807, 2.05) is 19.3 Å². The molecule has 1 aromatic heterocycles. The molecule has 0 radical (unpaired) electrons. The van der Waals surface area contributed by atoms with Gasteiger partial charge in [0.1, 0.15) is 5.82 Å². The Bertz CT molecular complexity index is 363. The van der Waals surface area contributed by atoms with E-state index in [0.717, 1.165) is 38.5 Å². The van der Waals surface area contributed by atoms with Crippen molar-refractivity contribution in [2.75, 3.05) is 45.1 Å². The van der Waals surface area contributed by atoms with Crippen molar-refractivity contribution in [3.8, 4) is 0 Å². The second kappa shape index (κ2) is 9.72. The van der Waals surface area contributed by atoms with E-state index in [1.54, 1.807) is 0 Å². The fourth-order valence-electron chi connectivity index (χ4n) is 2.44. The summed E-state index contributed by atoms with van der Waals surface area (Å²) in [5.41, 5.74) is 1.28. The second-order valence-electron chi connectivity index (χ2n) is 5.01. The Morgan fingerprint density at radius 1 is 1.05 bits per heavy atom. The third-order valence-electron chi connectivity index (χ3n) is 3.81. The maximum atomic E-state index is 4.37. The van der Waals surface area contributed by atoms with Crippen molar-refractivity contribution in [2.24, 2.45) is 0 Å². The summed E-state index contributed by atoms with van der Waals surface area (Å²) in [7, 11) is 1.93. The Morgan fingerprint density at radius 2 is 1.70 bits per heavy atom. The van der Waals surface area contributed by atoms with Crippen LogP contribution in [0.5, 0.6) is 0 Å². The minimum Gasteiger partial charge on any atom is -0.373 e. The molecule has 0 bridgehead atoms. The minimum atomic E-state index is 0.971. The normalized spacial score (nSPS) is 11.3. The SMILES string of the molecule is CCN(CC)CCCN(CC)Cc1cccnc1NC. The predicted molar refractivity (Wildman–Crippen MR) is 87.1 cm³/mol. The van der Waals surface area contributed by atoms with Crippen molar-refractivity contribution in [2.45, 2.75) is 33.7 Å². The van der Waals surface area contributed by atoms with Crippen molar-refractivity contribution >= 4 is 5.82 Å². The van der Waals surface area contributed by atoms with Crippen molar-refractivity contribution in [1.82, 2.24) is 14.8 Å². The quantitative estimate of drug-likeness (QED) is 0.713. The van der Waals surface area contributed by atoms with Gasteiger partial charge >= 0.3 is 0 Å². The monoisotopic (exact) mass is 278 g/mol. The zero-order chi connectivity index (χ0) is 14.8. The first-order valence-corrected chi connectivity index (χ1v) is 7.81. The van der Waals surface area contributed by atoms with Gasteiger partial charge in [0.15, 0.2) is 0 Å². The van der Waals surface area contributed by atoms with Gasteiger partial charge in [-0.3, -0.25) is 4.90 Å². The predicted octanol–water partition coefficient (Wildman–Crippen LogP) is 2.68. The molecule has 20 heavy (non-hydrogen) atoms. The van der Waals surface area contributed by atoms with Crippen LogP contribution in [0, 0.1) is 0 Å². The molecule has 4 heteroatoms. The molecule has 1 N–H and O–H groups in total. The number of hydrogen-bond acceptors (Lipinski definition) is 4. The van der Waals surface area contributed by atoms with E-state index in [2.05, 4.69) is 46.9 Å². The van der Waals surface area contributed by atoms with Gasteiger partial charge in [0, 0.05) is 25.4 Å². The highest BCUT2D eigenvalue weighted by Gasteiger charge is 2.08. The Labute approximate surface area is 124 Å². The van der Waals surface area contributed by atoms with Gasteiger partial charge < -0.3 is 10.2 Å². The molecular formula is C16H30N4. The number of pyridine rings is 1. The largest absolute Gasteiger partial charge is 0.373 e. The van der Waals surface area contributed by atoms with Crippen molar-refractivity contribution < 1.29 is 0 Å². The number of rotatable bonds is 10. The Morgan fingerprint density at radius 3 is 2.30 bits per heavy atom. The Balaban J connectivity index is 2.46. The first-order chi connectivity index (χ1) is 9.74. The van der Waals surface area contributed by atoms with E-state index < -0.39 is 0 Å². The standard InChI is InChI=1S/C16H30N4/c1-5-19(6-2)12-9-13-20(7-3)14-15-10-8-11-18-16(15)17-4/h8,10-11H,5-7,9,12-14H2,1-4H3,(H,17,18). The summed E-state index contributed by atoms with van der Waals surface area (Å²) >= 11 is 0. The summed E-state index contributed by atoms with van der Waals surface area (Å²) in [5, 5.41) is 3.17. The van der Waals surface area contributed by atoms with Gasteiger partial charge in [-0.05, 0) is 45.2 Å². The second-order valence-corrected chi connectivity index (χ2v) is 5.01. The topological polar surface area (TPSA) is 31.4 Å². The lowest BCUT2D eigenvalue weighted by atomic mass is 10.2. The Hall–Kier alpha value is -1.13. The summed E-state index contributed by atoms with van der Waals surface area (Å²) in [4.78, 5) is 9.34. The van der Waals surface area contributed by atoms with Crippen LogP contribution in [-0.2, 0) is 6.54 Å². The van der Waals surface area contributed by atoms with E-state index >= 15 is 0 Å². The van der Waals surface area contributed by atoms with E-state index in [9.17, 15) is 0 Å². The minimum absolute atomic E-state index is 0.971. The van der Waals surface area contributed by atoms with Crippen LogP contribution in [0.3, 0.4) is 0 Å². The van der Waals surface area contributed by atoms with Crippen LogP contribution >= 0.6 is 0 Å². The molecule has 0 amide bonds. The molecule has 0 aromatic carbocycles. The van der Waals surface area contributed by atoms with Gasteiger partial charge in [0.2, 0.25) is 0 Å². The number of aromatic nitrogens is 1. The summed E-state index contributed by atoms with van der Waals surface area (Å²) in [6, 6.07) is 4.17. The zero-order valence-corrected chi connectivity index (χ0v) is 13.5. The summed E-state index contributed by atoms with van der Waals surface area (Å²) in [6.07, 6.45) is 3.07. The van der Waals surface area contributed by atoms with Crippen LogP contribution in [-0.4, -0.2) is 54.6 Å². The molecule has 0 aliphatic heterocycles. The first-order valence-electron chi connectivity index (χ1n) is 7.81. The summed E-state index contributed by atoms with van der Waals surface area (Å²) in [5.74, 6) is 0.995. The number of anilines is 1. The molecule has 0 aliphatic rings. The summed E-state index contributed by atoms with van der Waals surface area (Å²) < 4.78 is 0. The van der Waals surface area contributed by atoms with E-state index in [0.29, 0.717) is 0 Å². The lowest BCUT2D eigenvalue weighted by Gasteiger charge is -2.24. The maximum absolute atomic E-state index is 4.37. The molecule has 114 valence electrons. The summed E-state index contributed by atoms with van der Waals surface area (Å²) in [6.45, 7) is 13.4. The molecule has 1 heterocycles. The van der Waals surface area contributed by atoms with Gasteiger partial charge in [0.05, 0.1) is 0 Å². The molecule has 4 nitrogen and oxygen atoms in total. The van der Waals surface area contributed by atoms with Crippen molar-refractivity contribution in [3.63, 3.8) is 0 Å². The number of nitrogens with zero attached hydrogens (tertiary/aromatic N) is 3. The molecule has 0 saturated carbocycles. The van der Waals surface area contributed by atoms with E-state index in [4.69, 9.17) is 0 Å². The fraction of sp³-hybridized carbons (Fsp3) is 0.688. The molecule has 0 saturated heterocycles. The van der Waals surface area contributed by atoms with Crippen LogP contribution in [0.25, 0.3) is 0 Å². The van der Waals surface area contributed by atoms with Gasteiger partial charge in [-0.25, -0.2) is 4.98 Å². The van der Waals surface area contributed by atoms with Crippen molar-refractivity contribution in [3.05, 3.63) is 23.9 Å². The number of nitrogens with one attached hydrogen (secondary N) is 1. The van der Waals surface area contributed by atoms with Crippen LogP contribution in [0.1, 0.15) is 32.8 Å². The lowest BCUT2D eigenvalue weighted by molar-refractivity contribution is 0.238. The molecule has 0 unspecified atom stereocenters. The first kappa shape index (κ1) is 16.9. The van der Waals surface area contributed by atoms with Gasteiger partial charge in [-0.1, -0.05) is 26.8 Å². The Kier molecular flexibility index (Phi) is 8.23. The average molecular weight is 278 g/mol. The highest BCUT2D eigenvalue weighted by Crippen LogP contribution is 2.13. The highest BCUT2D eigenvalue weighted by atomic mass is 15.1. The van der Waals surface area contributed by atoms with Crippen LogP contribution in [0.4, 0.5) is 5.82 Å². The van der Waals surface area contributed by atoms with Gasteiger partial charge in [-0.2, -0.15) is 0 Å².